The van der Waals surface area contributed by atoms with Gasteiger partial charge in [-0.3, -0.25) is 9.48 Å². The summed E-state index contributed by atoms with van der Waals surface area (Å²) in [6.45, 7) is 1.01. The van der Waals surface area contributed by atoms with Crippen LogP contribution in [0.3, 0.4) is 0 Å². The summed E-state index contributed by atoms with van der Waals surface area (Å²) in [5.74, 6) is -1.27. The number of aliphatic hydroxyl groups is 1. The van der Waals surface area contributed by atoms with Crippen molar-refractivity contribution in [1.29, 1.82) is 0 Å². The summed E-state index contributed by atoms with van der Waals surface area (Å²) in [5.41, 5.74) is -0.152. The maximum atomic E-state index is 13.7. The van der Waals surface area contributed by atoms with Crippen LogP contribution in [0.1, 0.15) is 11.7 Å². The second-order valence-electron chi connectivity index (χ2n) is 4.51. The van der Waals surface area contributed by atoms with Gasteiger partial charge in [0.25, 0.3) is 5.91 Å². The van der Waals surface area contributed by atoms with E-state index >= 15 is 0 Å². The van der Waals surface area contributed by atoms with Crippen LogP contribution < -0.4 is 5.32 Å². The molecule has 1 heterocycles. The fraction of sp³-hybridized carbons (Fsp3) is 0.286. The average molecular weight is 328 g/mol. The molecule has 1 aromatic carbocycles. The summed E-state index contributed by atoms with van der Waals surface area (Å²) in [6.07, 6.45) is 0.00515. The molecule has 0 spiro atoms. The molecule has 2 N–H and O–H groups in total. The number of amides is 1. The highest BCUT2D eigenvalue weighted by Gasteiger charge is 2.21. The lowest BCUT2D eigenvalue weighted by molar-refractivity contribution is -0.124. The van der Waals surface area contributed by atoms with Crippen LogP contribution in [0.2, 0.25) is 5.02 Å². The Bertz CT molecular complexity index is 663. The molecule has 118 valence electrons. The Labute approximate surface area is 131 Å². The molecule has 1 unspecified atom stereocenters. The molecule has 0 aliphatic carbocycles. The Morgan fingerprint density at radius 2 is 2.32 bits per heavy atom. The van der Waals surface area contributed by atoms with Crippen molar-refractivity contribution < 1.29 is 19.0 Å². The minimum Gasteiger partial charge on any atom is -0.383 e. The van der Waals surface area contributed by atoms with Crippen LogP contribution in [0.15, 0.2) is 30.5 Å². The van der Waals surface area contributed by atoms with Crippen molar-refractivity contribution in [1.82, 2.24) is 9.78 Å². The fourth-order valence-corrected chi connectivity index (χ4v) is 1.96. The zero-order valence-corrected chi connectivity index (χ0v) is 12.5. The van der Waals surface area contributed by atoms with Crippen LogP contribution >= 0.6 is 11.6 Å². The zero-order valence-electron chi connectivity index (χ0n) is 11.8. The summed E-state index contributed by atoms with van der Waals surface area (Å²) >= 11 is 5.63. The van der Waals surface area contributed by atoms with E-state index in [4.69, 9.17) is 16.3 Å². The number of nitrogens with zero attached hydrogens (tertiary/aromatic N) is 2. The number of methoxy groups -OCH3 is 1. The third-order valence-electron chi connectivity index (χ3n) is 2.92. The molecule has 8 heteroatoms. The van der Waals surface area contributed by atoms with Crippen molar-refractivity contribution in [2.75, 3.05) is 19.0 Å². The van der Waals surface area contributed by atoms with E-state index in [1.54, 1.807) is 24.1 Å². The number of carbonyl (C=O) groups excluding carboxylic acids is 1. The smallest absolute Gasteiger partial charge is 0.259 e. The SMILES string of the molecule is COCCn1ccc(NC(=O)C(O)c2ccc(Cl)cc2F)n1. The van der Waals surface area contributed by atoms with E-state index in [-0.39, 0.29) is 16.4 Å². The maximum absolute atomic E-state index is 13.7. The molecule has 2 rings (SSSR count). The molecule has 0 saturated heterocycles. The molecular weight excluding hydrogens is 313 g/mol. The Balaban J connectivity index is 2.03. The number of aromatic nitrogens is 2. The molecule has 1 amide bonds. The first kappa shape index (κ1) is 16.4. The van der Waals surface area contributed by atoms with E-state index in [0.29, 0.717) is 13.2 Å². The van der Waals surface area contributed by atoms with E-state index in [9.17, 15) is 14.3 Å². The third kappa shape index (κ3) is 4.03. The number of ether oxygens (including phenoxy) is 1. The normalized spacial score (nSPS) is 12.2. The van der Waals surface area contributed by atoms with Crippen molar-refractivity contribution in [2.45, 2.75) is 12.6 Å². The standard InChI is InChI=1S/C14H15ClFN3O3/c1-22-7-6-19-5-4-12(18-19)17-14(21)13(20)10-3-2-9(15)8-11(10)16/h2-5,8,13,20H,6-7H2,1H3,(H,17,18,21). The van der Waals surface area contributed by atoms with Crippen molar-refractivity contribution in [3.8, 4) is 0 Å². The zero-order chi connectivity index (χ0) is 16.1. The van der Waals surface area contributed by atoms with E-state index < -0.39 is 17.8 Å². The lowest BCUT2D eigenvalue weighted by Gasteiger charge is -2.11. The van der Waals surface area contributed by atoms with Crippen LogP contribution in [0, 0.1) is 5.82 Å². The Kier molecular flexibility index (Phi) is 5.48. The number of hydrogen-bond donors (Lipinski definition) is 2. The molecule has 0 fully saturated rings. The first-order valence-corrected chi connectivity index (χ1v) is 6.85. The summed E-state index contributed by atoms with van der Waals surface area (Å²) in [4.78, 5) is 11.9. The Morgan fingerprint density at radius 1 is 1.55 bits per heavy atom. The van der Waals surface area contributed by atoms with Gasteiger partial charge in [0.2, 0.25) is 0 Å². The molecular formula is C14H15ClFN3O3. The van der Waals surface area contributed by atoms with Gasteiger partial charge in [-0.1, -0.05) is 17.7 Å². The van der Waals surface area contributed by atoms with Gasteiger partial charge in [-0.15, -0.1) is 0 Å². The summed E-state index contributed by atoms with van der Waals surface area (Å²) < 4.78 is 20.2. The number of nitrogens with one attached hydrogen (secondary N) is 1. The average Bonchev–Trinajstić information content (AvgIpc) is 2.92. The fourth-order valence-electron chi connectivity index (χ4n) is 1.80. The highest BCUT2D eigenvalue weighted by atomic mass is 35.5. The number of carbonyl (C=O) groups is 1. The highest BCUT2D eigenvalue weighted by molar-refractivity contribution is 6.30. The minimum absolute atomic E-state index is 0.152. The van der Waals surface area contributed by atoms with Crippen LogP contribution in [0.5, 0.6) is 0 Å². The lowest BCUT2D eigenvalue weighted by atomic mass is 10.1. The number of aliphatic hydroxyl groups excluding tert-OH is 1. The molecule has 1 atom stereocenters. The van der Waals surface area contributed by atoms with Crippen molar-refractivity contribution in [3.63, 3.8) is 0 Å². The van der Waals surface area contributed by atoms with Gasteiger partial charge in [0.15, 0.2) is 11.9 Å². The molecule has 0 bridgehead atoms. The van der Waals surface area contributed by atoms with Crippen molar-refractivity contribution in [2.24, 2.45) is 0 Å². The quantitative estimate of drug-likeness (QED) is 0.850. The van der Waals surface area contributed by atoms with Gasteiger partial charge in [-0.2, -0.15) is 5.10 Å². The van der Waals surface area contributed by atoms with Gasteiger partial charge in [0.05, 0.1) is 13.2 Å². The minimum atomic E-state index is -1.65. The third-order valence-corrected chi connectivity index (χ3v) is 3.16. The molecule has 0 aliphatic heterocycles. The van der Waals surface area contributed by atoms with Crippen molar-refractivity contribution >= 4 is 23.3 Å². The Morgan fingerprint density at radius 3 is 3.00 bits per heavy atom. The van der Waals surface area contributed by atoms with Crippen LogP contribution in [0.25, 0.3) is 0 Å². The second-order valence-corrected chi connectivity index (χ2v) is 4.95. The number of anilines is 1. The molecule has 0 radical (unpaired) electrons. The summed E-state index contributed by atoms with van der Waals surface area (Å²) in [5, 5.41) is 16.6. The monoisotopic (exact) mass is 327 g/mol. The van der Waals surface area contributed by atoms with Crippen LogP contribution in [-0.4, -0.2) is 34.5 Å². The maximum Gasteiger partial charge on any atom is 0.259 e. The largest absolute Gasteiger partial charge is 0.383 e. The van der Waals surface area contributed by atoms with Gasteiger partial charge in [0.1, 0.15) is 5.82 Å². The topological polar surface area (TPSA) is 76.4 Å². The molecule has 2 aromatic rings. The molecule has 0 aliphatic rings. The van der Waals surface area contributed by atoms with E-state index in [2.05, 4.69) is 10.4 Å². The van der Waals surface area contributed by atoms with Gasteiger partial charge < -0.3 is 15.2 Å². The summed E-state index contributed by atoms with van der Waals surface area (Å²) in [6, 6.07) is 5.26. The van der Waals surface area contributed by atoms with E-state index in [0.717, 1.165) is 6.07 Å². The number of benzene rings is 1. The van der Waals surface area contributed by atoms with E-state index in [1.165, 1.54) is 12.1 Å². The number of hydrogen-bond acceptors (Lipinski definition) is 4. The van der Waals surface area contributed by atoms with E-state index in [1.807, 2.05) is 0 Å². The van der Waals surface area contributed by atoms with Gasteiger partial charge in [-0.05, 0) is 12.1 Å². The van der Waals surface area contributed by atoms with Crippen molar-refractivity contribution in [3.05, 3.63) is 46.9 Å². The summed E-state index contributed by atoms with van der Waals surface area (Å²) in [7, 11) is 1.57. The van der Waals surface area contributed by atoms with Gasteiger partial charge in [0, 0.05) is 30.0 Å². The number of rotatable bonds is 6. The molecule has 0 saturated carbocycles. The Hall–Kier alpha value is -1.96. The molecule has 6 nitrogen and oxygen atoms in total. The molecule has 1 aromatic heterocycles. The van der Waals surface area contributed by atoms with Crippen LogP contribution in [0.4, 0.5) is 10.2 Å². The highest BCUT2D eigenvalue weighted by Crippen LogP contribution is 2.21. The van der Waals surface area contributed by atoms with Gasteiger partial charge in [-0.25, -0.2) is 4.39 Å². The predicted octanol–water partition coefficient (Wildman–Crippen LogP) is 1.99. The van der Waals surface area contributed by atoms with Gasteiger partial charge >= 0.3 is 0 Å². The second kappa shape index (κ2) is 7.35. The first-order chi connectivity index (χ1) is 10.5. The number of halogens is 2. The predicted molar refractivity (Wildman–Crippen MR) is 79.1 cm³/mol. The molecule has 22 heavy (non-hydrogen) atoms. The van der Waals surface area contributed by atoms with Crippen LogP contribution in [-0.2, 0) is 16.1 Å². The lowest BCUT2D eigenvalue weighted by Crippen LogP contribution is -2.22. The first-order valence-electron chi connectivity index (χ1n) is 6.47.